The predicted octanol–water partition coefficient (Wildman–Crippen LogP) is 4.29. The normalized spacial score (nSPS) is 16.1. The molecular weight excluding hydrogens is 386 g/mol. The lowest BCUT2D eigenvalue weighted by Crippen LogP contribution is -2.29. The molecule has 0 unspecified atom stereocenters. The Kier molecular flexibility index (Phi) is 6.52. The van der Waals surface area contributed by atoms with Crippen LogP contribution in [-0.2, 0) is 4.74 Å². The Morgan fingerprint density at radius 2 is 2.00 bits per heavy atom. The number of nitrogens with one attached hydrogen (secondary N) is 1. The maximum absolute atomic E-state index is 12.0. The Morgan fingerprint density at radius 1 is 1.25 bits per heavy atom. The van der Waals surface area contributed by atoms with Gasteiger partial charge in [-0.25, -0.2) is 0 Å². The Balaban J connectivity index is 1.72. The number of carbonyl (C=O) groups is 1. The number of halogens is 2. The largest absolute Gasteiger partial charge is 0.376 e. The van der Waals surface area contributed by atoms with Crippen LogP contribution < -0.4 is 5.32 Å². The fourth-order valence-corrected chi connectivity index (χ4v) is 3.62. The van der Waals surface area contributed by atoms with Gasteiger partial charge >= 0.3 is 0 Å². The van der Waals surface area contributed by atoms with Gasteiger partial charge < -0.3 is 10.1 Å². The molecule has 3 nitrogen and oxygen atoms in total. The first-order valence-corrected chi connectivity index (χ1v) is 8.60. The van der Waals surface area contributed by atoms with Crippen LogP contribution in [0.2, 0.25) is 0 Å². The van der Waals surface area contributed by atoms with Gasteiger partial charge in [-0.05, 0) is 47.0 Å². The van der Waals surface area contributed by atoms with E-state index in [0.717, 1.165) is 21.8 Å². The molecule has 0 heterocycles. The van der Waals surface area contributed by atoms with E-state index >= 15 is 0 Å². The van der Waals surface area contributed by atoms with Crippen LogP contribution in [0.3, 0.4) is 0 Å². The van der Waals surface area contributed by atoms with Crippen LogP contribution in [0.15, 0.2) is 27.1 Å². The molecule has 0 spiro atoms. The predicted molar refractivity (Wildman–Crippen MR) is 87.0 cm³/mol. The van der Waals surface area contributed by atoms with Crippen LogP contribution in [0.25, 0.3) is 0 Å². The third-order valence-electron chi connectivity index (χ3n) is 3.47. The molecule has 5 heteroatoms. The standard InChI is InChI=1S/C15H19Br2NO2/c16-11-6-7-13(14(17)10-11)15(19)18-8-9-20-12-4-2-1-3-5-12/h6-7,10,12H,1-5,8-9H2,(H,18,19). The first-order chi connectivity index (χ1) is 9.66. The smallest absolute Gasteiger partial charge is 0.252 e. The topological polar surface area (TPSA) is 38.3 Å². The molecule has 1 aliphatic carbocycles. The molecule has 1 fully saturated rings. The number of amides is 1. The van der Waals surface area contributed by atoms with Crippen LogP contribution >= 0.6 is 31.9 Å². The maximum atomic E-state index is 12.0. The van der Waals surface area contributed by atoms with Crippen molar-refractivity contribution < 1.29 is 9.53 Å². The molecule has 1 aromatic carbocycles. The zero-order chi connectivity index (χ0) is 14.4. The van der Waals surface area contributed by atoms with Crippen molar-refractivity contribution in [3.8, 4) is 0 Å². The molecule has 20 heavy (non-hydrogen) atoms. The van der Waals surface area contributed by atoms with E-state index < -0.39 is 0 Å². The molecule has 1 aromatic rings. The van der Waals surface area contributed by atoms with Crippen molar-refractivity contribution in [2.24, 2.45) is 0 Å². The average molecular weight is 405 g/mol. The minimum atomic E-state index is -0.0726. The molecule has 110 valence electrons. The van der Waals surface area contributed by atoms with E-state index in [-0.39, 0.29) is 5.91 Å². The second-order valence-electron chi connectivity index (χ2n) is 5.01. The quantitative estimate of drug-likeness (QED) is 0.743. The summed E-state index contributed by atoms with van der Waals surface area (Å²) >= 11 is 6.77. The molecule has 0 bridgehead atoms. The Bertz CT molecular complexity index is 459. The summed E-state index contributed by atoms with van der Waals surface area (Å²) in [4.78, 5) is 12.0. The summed E-state index contributed by atoms with van der Waals surface area (Å²) in [6.45, 7) is 1.14. The maximum Gasteiger partial charge on any atom is 0.252 e. The van der Waals surface area contributed by atoms with Gasteiger partial charge in [0.1, 0.15) is 0 Å². The number of carbonyl (C=O) groups excluding carboxylic acids is 1. The highest BCUT2D eigenvalue weighted by atomic mass is 79.9. The third-order valence-corrected chi connectivity index (χ3v) is 4.62. The summed E-state index contributed by atoms with van der Waals surface area (Å²) in [6.07, 6.45) is 6.57. The summed E-state index contributed by atoms with van der Waals surface area (Å²) in [5, 5.41) is 2.89. The fourth-order valence-electron chi connectivity index (χ4n) is 2.39. The zero-order valence-corrected chi connectivity index (χ0v) is 14.5. The average Bonchev–Trinajstić information content (AvgIpc) is 2.44. The third kappa shape index (κ3) is 4.86. The first kappa shape index (κ1) is 16.0. The number of rotatable bonds is 5. The van der Waals surface area contributed by atoms with Crippen molar-refractivity contribution in [1.29, 1.82) is 0 Å². The number of hydrogen-bond donors (Lipinski definition) is 1. The Morgan fingerprint density at radius 3 is 2.70 bits per heavy atom. The van der Waals surface area contributed by atoms with Gasteiger partial charge in [-0.15, -0.1) is 0 Å². The molecule has 0 saturated heterocycles. The molecule has 2 rings (SSSR count). The van der Waals surface area contributed by atoms with Crippen molar-refractivity contribution in [3.05, 3.63) is 32.7 Å². The van der Waals surface area contributed by atoms with E-state index in [0.29, 0.717) is 24.8 Å². The van der Waals surface area contributed by atoms with Crippen molar-refractivity contribution >= 4 is 37.8 Å². The van der Waals surface area contributed by atoms with E-state index in [2.05, 4.69) is 37.2 Å². The van der Waals surface area contributed by atoms with Gasteiger partial charge in [0.15, 0.2) is 0 Å². The SMILES string of the molecule is O=C(NCCOC1CCCCC1)c1ccc(Br)cc1Br. The summed E-state index contributed by atoms with van der Waals surface area (Å²) in [5.41, 5.74) is 0.644. The van der Waals surface area contributed by atoms with Gasteiger partial charge in [0.2, 0.25) is 0 Å². The summed E-state index contributed by atoms with van der Waals surface area (Å²) in [7, 11) is 0. The van der Waals surface area contributed by atoms with E-state index in [9.17, 15) is 4.79 Å². The summed E-state index contributed by atoms with van der Waals surface area (Å²) < 4.78 is 7.52. The summed E-state index contributed by atoms with van der Waals surface area (Å²) in [6, 6.07) is 5.52. The molecule has 1 N–H and O–H groups in total. The van der Waals surface area contributed by atoms with Crippen LogP contribution in [0.1, 0.15) is 42.5 Å². The molecule has 0 atom stereocenters. The zero-order valence-electron chi connectivity index (χ0n) is 11.3. The molecular formula is C15H19Br2NO2. The first-order valence-electron chi connectivity index (χ1n) is 7.01. The molecule has 1 aliphatic rings. The molecule has 0 radical (unpaired) electrons. The van der Waals surface area contributed by atoms with Crippen LogP contribution in [-0.4, -0.2) is 25.2 Å². The lowest BCUT2D eigenvalue weighted by molar-refractivity contribution is 0.0299. The highest BCUT2D eigenvalue weighted by Crippen LogP contribution is 2.22. The van der Waals surface area contributed by atoms with Crippen molar-refractivity contribution in [2.45, 2.75) is 38.2 Å². The van der Waals surface area contributed by atoms with Crippen LogP contribution in [0.5, 0.6) is 0 Å². The highest BCUT2D eigenvalue weighted by Gasteiger charge is 2.14. The lowest BCUT2D eigenvalue weighted by atomic mass is 9.98. The minimum absolute atomic E-state index is 0.0726. The van der Waals surface area contributed by atoms with Crippen LogP contribution in [0, 0.1) is 0 Å². The van der Waals surface area contributed by atoms with Crippen molar-refractivity contribution in [2.75, 3.05) is 13.2 Å². The number of benzene rings is 1. The van der Waals surface area contributed by atoms with Crippen molar-refractivity contribution in [1.82, 2.24) is 5.32 Å². The summed E-state index contributed by atoms with van der Waals surface area (Å²) in [5.74, 6) is -0.0726. The van der Waals surface area contributed by atoms with E-state index in [1.807, 2.05) is 12.1 Å². The monoisotopic (exact) mass is 403 g/mol. The Labute approximate surface area is 136 Å². The number of ether oxygens (including phenoxy) is 1. The molecule has 0 aromatic heterocycles. The molecule has 0 aliphatic heterocycles. The van der Waals surface area contributed by atoms with Crippen molar-refractivity contribution in [3.63, 3.8) is 0 Å². The van der Waals surface area contributed by atoms with Gasteiger partial charge in [0.25, 0.3) is 5.91 Å². The number of hydrogen-bond acceptors (Lipinski definition) is 2. The van der Waals surface area contributed by atoms with E-state index in [4.69, 9.17) is 4.74 Å². The van der Waals surface area contributed by atoms with Gasteiger partial charge in [-0.1, -0.05) is 35.2 Å². The molecule has 1 amide bonds. The van der Waals surface area contributed by atoms with E-state index in [1.54, 1.807) is 6.07 Å². The van der Waals surface area contributed by atoms with E-state index in [1.165, 1.54) is 19.3 Å². The molecule has 1 saturated carbocycles. The van der Waals surface area contributed by atoms with Gasteiger partial charge in [-0.2, -0.15) is 0 Å². The lowest BCUT2D eigenvalue weighted by Gasteiger charge is -2.22. The van der Waals surface area contributed by atoms with Gasteiger partial charge in [0, 0.05) is 15.5 Å². The highest BCUT2D eigenvalue weighted by molar-refractivity contribution is 9.11. The minimum Gasteiger partial charge on any atom is -0.376 e. The Hall–Kier alpha value is -0.390. The van der Waals surface area contributed by atoms with Gasteiger partial charge in [-0.3, -0.25) is 4.79 Å². The van der Waals surface area contributed by atoms with Crippen LogP contribution in [0.4, 0.5) is 0 Å². The fraction of sp³-hybridized carbons (Fsp3) is 0.533. The second kappa shape index (κ2) is 8.15. The second-order valence-corrected chi connectivity index (χ2v) is 6.78. The van der Waals surface area contributed by atoms with Gasteiger partial charge in [0.05, 0.1) is 18.3 Å².